The second kappa shape index (κ2) is 7.97. The van der Waals surface area contributed by atoms with Gasteiger partial charge in [-0.2, -0.15) is 0 Å². The van der Waals surface area contributed by atoms with Gasteiger partial charge in [0.2, 0.25) is 5.91 Å². The molecular formula is C21H20N2O2S. The van der Waals surface area contributed by atoms with Gasteiger partial charge in [0.05, 0.1) is 12.8 Å². The van der Waals surface area contributed by atoms with E-state index in [9.17, 15) is 4.79 Å². The van der Waals surface area contributed by atoms with E-state index in [1.165, 1.54) is 28.5 Å². The zero-order valence-corrected chi connectivity index (χ0v) is 15.8. The van der Waals surface area contributed by atoms with Crippen LogP contribution in [0.5, 0.6) is 5.75 Å². The summed E-state index contributed by atoms with van der Waals surface area (Å²) in [5.41, 5.74) is 5.33. The highest BCUT2D eigenvalue weighted by molar-refractivity contribution is 7.14. The van der Waals surface area contributed by atoms with E-state index in [1.54, 1.807) is 13.2 Å². The normalized spacial score (nSPS) is 10.9. The molecule has 0 bridgehead atoms. The molecule has 1 heterocycles. The zero-order valence-electron chi connectivity index (χ0n) is 14.9. The summed E-state index contributed by atoms with van der Waals surface area (Å²) in [5.74, 6) is 0.579. The number of aryl methyl sites for hydroxylation is 2. The van der Waals surface area contributed by atoms with Crippen molar-refractivity contribution in [1.29, 1.82) is 0 Å². The lowest BCUT2D eigenvalue weighted by Crippen LogP contribution is -2.07. The SMILES string of the molecule is COc1ccc(/C=C/C(=O)Nc2nc(-c3ccc(C)c(C)c3)cs2)cc1. The van der Waals surface area contributed by atoms with Gasteiger partial charge in [0.15, 0.2) is 5.13 Å². The number of amides is 1. The Kier molecular flexibility index (Phi) is 5.49. The number of hydrogen-bond donors (Lipinski definition) is 1. The summed E-state index contributed by atoms with van der Waals surface area (Å²) >= 11 is 1.42. The predicted octanol–water partition coefficient (Wildman–Crippen LogP) is 5.09. The summed E-state index contributed by atoms with van der Waals surface area (Å²) in [6.07, 6.45) is 3.26. The van der Waals surface area contributed by atoms with Crippen LogP contribution in [0.2, 0.25) is 0 Å². The number of nitrogens with one attached hydrogen (secondary N) is 1. The molecule has 0 unspecified atom stereocenters. The molecule has 1 aromatic heterocycles. The van der Waals surface area contributed by atoms with Crippen molar-refractivity contribution in [3.63, 3.8) is 0 Å². The minimum absolute atomic E-state index is 0.207. The Bertz CT molecular complexity index is 943. The molecule has 4 nitrogen and oxygen atoms in total. The summed E-state index contributed by atoms with van der Waals surface area (Å²) in [7, 11) is 1.62. The topological polar surface area (TPSA) is 51.2 Å². The third-order valence-corrected chi connectivity index (χ3v) is 4.84. The molecule has 0 aliphatic rings. The smallest absolute Gasteiger partial charge is 0.250 e. The number of carbonyl (C=O) groups excluding carboxylic acids is 1. The Balaban J connectivity index is 1.65. The lowest BCUT2D eigenvalue weighted by Gasteiger charge is -2.02. The lowest BCUT2D eigenvalue weighted by atomic mass is 10.1. The number of thiazole rings is 1. The van der Waals surface area contributed by atoms with Gasteiger partial charge in [0.25, 0.3) is 0 Å². The number of ether oxygens (including phenoxy) is 1. The largest absolute Gasteiger partial charge is 0.497 e. The second-order valence-electron chi connectivity index (χ2n) is 5.93. The van der Waals surface area contributed by atoms with E-state index < -0.39 is 0 Å². The van der Waals surface area contributed by atoms with Gasteiger partial charge in [0, 0.05) is 17.0 Å². The molecule has 0 saturated heterocycles. The fraction of sp³-hybridized carbons (Fsp3) is 0.143. The maximum atomic E-state index is 12.1. The van der Waals surface area contributed by atoms with Crippen molar-refractivity contribution in [3.05, 3.63) is 70.6 Å². The van der Waals surface area contributed by atoms with E-state index >= 15 is 0 Å². The van der Waals surface area contributed by atoms with Gasteiger partial charge in [-0.1, -0.05) is 24.3 Å². The van der Waals surface area contributed by atoms with Crippen LogP contribution in [0.15, 0.2) is 53.9 Å². The Morgan fingerprint density at radius 3 is 2.58 bits per heavy atom. The Hall–Kier alpha value is -2.92. The first-order valence-electron chi connectivity index (χ1n) is 8.21. The van der Waals surface area contributed by atoms with E-state index in [2.05, 4.69) is 36.3 Å². The molecule has 3 rings (SSSR count). The van der Waals surface area contributed by atoms with Gasteiger partial charge in [-0.15, -0.1) is 11.3 Å². The molecule has 0 saturated carbocycles. The second-order valence-corrected chi connectivity index (χ2v) is 6.79. The van der Waals surface area contributed by atoms with E-state index in [1.807, 2.05) is 35.7 Å². The zero-order chi connectivity index (χ0) is 18.5. The molecule has 1 N–H and O–H groups in total. The Morgan fingerprint density at radius 2 is 1.88 bits per heavy atom. The minimum atomic E-state index is -0.207. The molecule has 0 fully saturated rings. The summed E-state index contributed by atoms with van der Waals surface area (Å²) in [6, 6.07) is 13.7. The number of rotatable bonds is 5. The predicted molar refractivity (Wildman–Crippen MR) is 108 cm³/mol. The van der Waals surface area contributed by atoms with Crippen LogP contribution in [0.3, 0.4) is 0 Å². The molecule has 26 heavy (non-hydrogen) atoms. The molecule has 2 aromatic carbocycles. The molecule has 0 spiro atoms. The van der Waals surface area contributed by atoms with Crippen molar-refractivity contribution in [2.45, 2.75) is 13.8 Å². The number of benzene rings is 2. The molecule has 0 aliphatic carbocycles. The Labute approximate surface area is 157 Å². The van der Waals surface area contributed by atoms with E-state index in [4.69, 9.17) is 4.74 Å². The van der Waals surface area contributed by atoms with Crippen LogP contribution < -0.4 is 10.1 Å². The number of anilines is 1. The fourth-order valence-electron chi connectivity index (χ4n) is 2.40. The van der Waals surface area contributed by atoms with Crippen LogP contribution >= 0.6 is 11.3 Å². The molecule has 0 aliphatic heterocycles. The number of carbonyl (C=O) groups is 1. The van der Waals surface area contributed by atoms with Crippen molar-refractivity contribution < 1.29 is 9.53 Å². The van der Waals surface area contributed by atoms with Gasteiger partial charge >= 0.3 is 0 Å². The van der Waals surface area contributed by atoms with Gasteiger partial charge in [-0.3, -0.25) is 10.1 Å². The van der Waals surface area contributed by atoms with E-state index in [0.29, 0.717) is 5.13 Å². The van der Waals surface area contributed by atoms with Crippen molar-refractivity contribution in [1.82, 2.24) is 4.98 Å². The van der Waals surface area contributed by atoms with Crippen LogP contribution in [-0.2, 0) is 4.79 Å². The maximum absolute atomic E-state index is 12.1. The summed E-state index contributed by atoms with van der Waals surface area (Å²) in [4.78, 5) is 16.6. The number of methoxy groups -OCH3 is 1. The van der Waals surface area contributed by atoms with Gasteiger partial charge in [-0.25, -0.2) is 4.98 Å². The standard InChI is InChI=1S/C21H20N2O2S/c1-14-4-8-17(12-15(14)2)19-13-26-21(22-19)23-20(24)11-7-16-5-9-18(25-3)10-6-16/h4-13H,1-3H3,(H,22,23,24)/b11-7+. The highest BCUT2D eigenvalue weighted by atomic mass is 32.1. The highest BCUT2D eigenvalue weighted by Gasteiger charge is 2.07. The van der Waals surface area contributed by atoms with Crippen molar-refractivity contribution in [3.8, 4) is 17.0 Å². The van der Waals surface area contributed by atoms with Crippen molar-refractivity contribution in [2.24, 2.45) is 0 Å². The van der Waals surface area contributed by atoms with E-state index in [-0.39, 0.29) is 5.91 Å². The molecule has 132 valence electrons. The lowest BCUT2D eigenvalue weighted by molar-refractivity contribution is -0.111. The molecule has 0 radical (unpaired) electrons. The summed E-state index contributed by atoms with van der Waals surface area (Å²) < 4.78 is 5.12. The van der Waals surface area contributed by atoms with Crippen LogP contribution in [0, 0.1) is 13.8 Å². The maximum Gasteiger partial charge on any atom is 0.250 e. The molecule has 5 heteroatoms. The first-order chi connectivity index (χ1) is 12.5. The minimum Gasteiger partial charge on any atom is -0.497 e. The number of aromatic nitrogens is 1. The van der Waals surface area contributed by atoms with Gasteiger partial charge in [-0.05, 0) is 54.8 Å². The van der Waals surface area contributed by atoms with Gasteiger partial charge in [0.1, 0.15) is 5.75 Å². The average molecular weight is 364 g/mol. The molecule has 0 atom stereocenters. The van der Waals surface area contributed by atoms with Crippen molar-refractivity contribution in [2.75, 3.05) is 12.4 Å². The molecular weight excluding hydrogens is 344 g/mol. The fourth-order valence-corrected chi connectivity index (χ4v) is 3.12. The quantitative estimate of drug-likeness (QED) is 0.642. The first-order valence-corrected chi connectivity index (χ1v) is 9.09. The first kappa shape index (κ1) is 17.9. The summed E-state index contributed by atoms with van der Waals surface area (Å²) in [6.45, 7) is 4.17. The van der Waals surface area contributed by atoms with Crippen LogP contribution in [0.1, 0.15) is 16.7 Å². The monoisotopic (exact) mass is 364 g/mol. The highest BCUT2D eigenvalue weighted by Crippen LogP contribution is 2.26. The molecule has 1 amide bonds. The number of hydrogen-bond acceptors (Lipinski definition) is 4. The van der Waals surface area contributed by atoms with Crippen LogP contribution in [0.4, 0.5) is 5.13 Å². The van der Waals surface area contributed by atoms with Crippen LogP contribution in [0.25, 0.3) is 17.3 Å². The van der Waals surface area contributed by atoms with Crippen LogP contribution in [-0.4, -0.2) is 18.0 Å². The Morgan fingerprint density at radius 1 is 1.12 bits per heavy atom. The average Bonchev–Trinajstić information content (AvgIpc) is 3.11. The summed E-state index contributed by atoms with van der Waals surface area (Å²) in [5, 5.41) is 5.34. The van der Waals surface area contributed by atoms with Crippen molar-refractivity contribution >= 4 is 28.5 Å². The molecule has 3 aromatic rings. The third-order valence-electron chi connectivity index (χ3n) is 4.08. The number of nitrogens with zero attached hydrogens (tertiary/aromatic N) is 1. The van der Waals surface area contributed by atoms with Gasteiger partial charge < -0.3 is 4.74 Å². The van der Waals surface area contributed by atoms with E-state index in [0.717, 1.165) is 22.6 Å². The third kappa shape index (κ3) is 4.37.